The Morgan fingerprint density at radius 3 is 2.76 bits per heavy atom. The molecule has 3 heterocycles. The molecule has 2 aromatic rings. The first-order valence-electron chi connectivity index (χ1n) is 9.96. The van der Waals surface area contributed by atoms with Gasteiger partial charge in [0.05, 0.1) is 42.9 Å². The van der Waals surface area contributed by atoms with E-state index in [9.17, 15) is 14.4 Å². The number of ether oxygens (including phenoxy) is 1. The Morgan fingerprint density at radius 1 is 1.28 bits per heavy atom. The predicted octanol–water partition coefficient (Wildman–Crippen LogP) is -1.06. The summed E-state index contributed by atoms with van der Waals surface area (Å²) >= 11 is 1.21. The summed E-state index contributed by atoms with van der Waals surface area (Å²) in [4.78, 5) is 44.1. The van der Waals surface area contributed by atoms with E-state index in [-0.39, 0.29) is 23.9 Å². The van der Waals surface area contributed by atoms with Gasteiger partial charge in [0, 0.05) is 6.54 Å². The van der Waals surface area contributed by atoms with Crippen LogP contribution >= 0.6 is 11.3 Å². The van der Waals surface area contributed by atoms with Crippen molar-refractivity contribution in [3.63, 3.8) is 0 Å². The van der Waals surface area contributed by atoms with E-state index in [1.807, 2.05) is 6.92 Å². The van der Waals surface area contributed by atoms with Crippen molar-refractivity contribution in [2.75, 3.05) is 45.9 Å². The molecule has 0 aliphatic carbocycles. The second kappa shape index (κ2) is 9.95. The molecule has 1 fully saturated rings. The van der Waals surface area contributed by atoms with Crippen LogP contribution in [-0.2, 0) is 16.1 Å². The number of aryl methyl sites for hydroxylation is 1. The average molecular weight is 423 g/mol. The van der Waals surface area contributed by atoms with Crippen LogP contribution in [0.15, 0.2) is 11.1 Å². The number of amides is 2. The molecule has 0 saturated carbocycles. The number of thiophene rings is 1. The summed E-state index contributed by atoms with van der Waals surface area (Å²) < 4.78 is 6.63. The molecule has 0 spiro atoms. The van der Waals surface area contributed by atoms with Crippen molar-refractivity contribution >= 4 is 33.4 Å². The molecule has 29 heavy (non-hydrogen) atoms. The Bertz CT molecular complexity index is 933. The molecular formula is C19H28N5O4S+. The first-order chi connectivity index (χ1) is 14.0. The third-order valence-corrected chi connectivity index (χ3v) is 6.17. The lowest BCUT2D eigenvalue weighted by molar-refractivity contribution is -0.906. The van der Waals surface area contributed by atoms with Crippen LogP contribution in [0.2, 0.25) is 0 Å². The molecule has 3 rings (SSSR count). The maximum atomic E-state index is 12.8. The van der Waals surface area contributed by atoms with Crippen LogP contribution in [0.3, 0.4) is 0 Å². The number of rotatable bonds is 8. The zero-order valence-electron chi connectivity index (χ0n) is 16.9. The topological polar surface area (TPSA) is 107 Å². The fourth-order valence-electron chi connectivity index (χ4n) is 3.31. The van der Waals surface area contributed by atoms with Crippen molar-refractivity contribution in [2.45, 2.75) is 26.8 Å². The molecule has 9 nitrogen and oxygen atoms in total. The number of hydrogen-bond acceptors (Lipinski definition) is 6. The van der Waals surface area contributed by atoms with E-state index in [0.717, 1.165) is 39.3 Å². The number of nitrogens with one attached hydrogen (secondary N) is 3. The van der Waals surface area contributed by atoms with Crippen LogP contribution in [0.1, 0.15) is 28.6 Å². The molecule has 0 radical (unpaired) electrons. The summed E-state index contributed by atoms with van der Waals surface area (Å²) in [6.45, 7) is 9.03. The number of morpholine rings is 1. The molecule has 1 saturated heterocycles. The smallest absolute Gasteiger partial charge is 0.262 e. The van der Waals surface area contributed by atoms with Crippen molar-refractivity contribution in [3.8, 4) is 0 Å². The van der Waals surface area contributed by atoms with Crippen LogP contribution in [0, 0.1) is 6.92 Å². The Hall–Kier alpha value is -2.30. The van der Waals surface area contributed by atoms with Gasteiger partial charge in [0.2, 0.25) is 5.91 Å². The molecule has 0 bridgehead atoms. The van der Waals surface area contributed by atoms with Crippen molar-refractivity contribution in [3.05, 3.63) is 27.1 Å². The molecule has 0 atom stereocenters. The molecule has 2 amide bonds. The number of carbonyl (C=O) groups excluding carboxylic acids is 2. The summed E-state index contributed by atoms with van der Waals surface area (Å²) in [7, 11) is 0. The highest BCUT2D eigenvalue weighted by molar-refractivity contribution is 7.20. The second-order valence-electron chi connectivity index (χ2n) is 7.13. The lowest BCUT2D eigenvalue weighted by atomic mass is 10.2. The van der Waals surface area contributed by atoms with Gasteiger partial charge in [0.15, 0.2) is 0 Å². The van der Waals surface area contributed by atoms with Crippen LogP contribution in [0.4, 0.5) is 0 Å². The second-order valence-corrected chi connectivity index (χ2v) is 8.13. The third-order valence-electron chi connectivity index (χ3n) is 4.97. The van der Waals surface area contributed by atoms with E-state index in [2.05, 4.69) is 15.6 Å². The number of nitrogens with zero attached hydrogens (tertiary/aromatic N) is 2. The summed E-state index contributed by atoms with van der Waals surface area (Å²) in [6.07, 6.45) is 2.20. The zero-order chi connectivity index (χ0) is 20.8. The van der Waals surface area contributed by atoms with Gasteiger partial charge in [-0.2, -0.15) is 0 Å². The first kappa shape index (κ1) is 21.4. The van der Waals surface area contributed by atoms with E-state index >= 15 is 0 Å². The van der Waals surface area contributed by atoms with E-state index in [1.165, 1.54) is 27.1 Å². The van der Waals surface area contributed by atoms with Gasteiger partial charge in [0.1, 0.15) is 24.5 Å². The quantitative estimate of drug-likeness (QED) is 0.503. The summed E-state index contributed by atoms with van der Waals surface area (Å²) in [5.74, 6) is -0.420. The maximum absolute atomic E-state index is 12.8. The molecule has 158 valence electrons. The molecular weight excluding hydrogens is 394 g/mol. The Labute approximate surface area is 173 Å². The minimum absolute atomic E-state index is 0.0824. The Kier molecular flexibility index (Phi) is 7.34. The first-order valence-corrected chi connectivity index (χ1v) is 10.8. The number of hydrogen-bond donors (Lipinski definition) is 3. The highest BCUT2D eigenvalue weighted by atomic mass is 32.1. The zero-order valence-corrected chi connectivity index (χ0v) is 17.7. The minimum Gasteiger partial charge on any atom is -0.370 e. The number of fused-ring (bicyclic) bond motifs is 1. The normalized spacial score (nSPS) is 14.8. The van der Waals surface area contributed by atoms with Crippen LogP contribution in [-0.4, -0.2) is 67.3 Å². The van der Waals surface area contributed by atoms with Gasteiger partial charge >= 0.3 is 0 Å². The van der Waals surface area contributed by atoms with E-state index < -0.39 is 0 Å². The van der Waals surface area contributed by atoms with Gasteiger partial charge < -0.3 is 20.3 Å². The molecule has 1 aliphatic heterocycles. The largest absolute Gasteiger partial charge is 0.370 e. The third kappa shape index (κ3) is 5.20. The fraction of sp³-hybridized carbons (Fsp3) is 0.579. The van der Waals surface area contributed by atoms with Gasteiger partial charge in [-0.3, -0.25) is 19.0 Å². The Morgan fingerprint density at radius 2 is 2.03 bits per heavy atom. The summed E-state index contributed by atoms with van der Waals surface area (Å²) in [5.41, 5.74) is 0.314. The van der Waals surface area contributed by atoms with Crippen molar-refractivity contribution in [2.24, 2.45) is 0 Å². The molecule has 1 aliphatic rings. The molecule has 0 unspecified atom stereocenters. The number of aromatic nitrogens is 2. The predicted molar refractivity (Wildman–Crippen MR) is 111 cm³/mol. The average Bonchev–Trinajstić information content (AvgIpc) is 3.06. The van der Waals surface area contributed by atoms with Gasteiger partial charge in [-0.25, -0.2) is 4.98 Å². The van der Waals surface area contributed by atoms with Gasteiger partial charge in [0.25, 0.3) is 11.5 Å². The molecule has 2 aromatic heterocycles. The standard InChI is InChI=1S/C19H27N5O4S/c1-3-4-20-14(25)11-24-12-22-18-15(19(24)27)13(2)16(29-18)17(26)21-5-6-23-7-9-28-10-8-23/h12H,3-11H2,1-2H3,(H,20,25)(H,21,26)/p+1. The lowest BCUT2D eigenvalue weighted by Crippen LogP contribution is -3.14. The Balaban J connectivity index is 1.70. The van der Waals surface area contributed by atoms with Gasteiger partial charge in [-0.1, -0.05) is 6.92 Å². The van der Waals surface area contributed by atoms with Crippen LogP contribution in [0.5, 0.6) is 0 Å². The molecule has 10 heteroatoms. The van der Waals surface area contributed by atoms with E-state index in [4.69, 9.17) is 4.74 Å². The van der Waals surface area contributed by atoms with Gasteiger partial charge in [-0.05, 0) is 18.9 Å². The molecule has 3 N–H and O–H groups in total. The van der Waals surface area contributed by atoms with Crippen molar-refractivity contribution in [1.82, 2.24) is 20.2 Å². The van der Waals surface area contributed by atoms with E-state index in [1.54, 1.807) is 6.92 Å². The van der Waals surface area contributed by atoms with Crippen molar-refractivity contribution in [1.29, 1.82) is 0 Å². The number of quaternary nitrogens is 1. The van der Waals surface area contributed by atoms with Crippen molar-refractivity contribution < 1.29 is 19.2 Å². The van der Waals surface area contributed by atoms with Crippen LogP contribution < -0.4 is 21.1 Å². The fourth-order valence-corrected chi connectivity index (χ4v) is 4.36. The summed E-state index contributed by atoms with van der Waals surface area (Å²) in [6, 6.07) is 0. The SMILES string of the molecule is CCCNC(=O)Cn1cnc2sc(C(=O)NCC[NH+]3CCOCC3)c(C)c2c1=O. The lowest BCUT2D eigenvalue weighted by Gasteiger charge is -2.23. The monoisotopic (exact) mass is 422 g/mol. The van der Waals surface area contributed by atoms with E-state index in [0.29, 0.717) is 33.7 Å². The minimum atomic E-state index is -0.299. The molecule has 0 aromatic carbocycles. The summed E-state index contributed by atoms with van der Waals surface area (Å²) in [5, 5.41) is 6.10. The highest BCUT2D eigenvalue weighted by Gasteiger charge is 2.20. The highest BCUT2D eigenvalue weighted by Crippen LogP contribution is 2.26. The van der Waals surface area contributed by atoms with Gasteiger partial charge in [-0.15, -0.1) is 11.3 Å². The maximum Gasteiger partial charge on any atom is 0.262 e. The van der Waals surface area contributed by atoms with Crippen LogP contribution in [0.25, 0.3) is 10.2 Å². The number of carbonyl (C=O) groups is 2.